The van der Waals surface area contributed by atoms with Gasteiger partial charge in [-0.3, -0.25) is 0 Å². The summed E-state index contributed by atoms with van der Waals surface area (Å²) in [5, 5.41) is 0. The first-order valence-corrected chi connectivity index (χ1v) is 11.8. The van der Waals surface area contributed by atoms with Crippen LogP contribution in [0.4, 0.5) is 11.5 Å². The maximum atomic E-state index is 5.83. The molecule has 0 unspecified atom stereocenters. The quantitative estimate of drug-likeness (QED) is 0.407. The van der Waals surface area contributed by atoms with Crippen LogP contribution in [-0.2, 0) is 6.61 Å². The highest BCUT2D eigenvalue weighted by Crippen LogP contribution is 2.21. The largest absolute Gasteiger partial charge is 0.489 e. The third kappa shape index (κ3) is 11.9. The molecule has 2 aromatic carbocycles. The van der Waals surface area contributed by atoms with Gasteiger partial charge in [-0.15, -0.1) is 0 Å². The van der Waals surface area contributed by atoms with E-state index in [1.807, 2.05) is 129 Å². The summed E-state index contributed by atoms with van der Waals surface area (Å²) in [5.74, 6) is 1.26. The molecule has 0 aliphatic heterocycles. The fraction of sp³-hybridized carbons (Fsp3) is 0.357. The van der Waals surface area contributed by atoms with Crippen LogP contribution in [0, 0.1) is 0 Å². The first kappa shape index (κ1) is 31.0. The number of pyridine rings is 1. The van der Waals surface area contributed by atoms with Gasteiger partial charge in [-0.2, -0.15) is 0 Å². The molecule has 4 heteroatoms. The molecule has 32 heavy (non-hydrogen) atoms. The highest BCUT2D eigenvalue weighted by molar-refractivity contribution is 6.00. The number of aromatic nitrogens is 1. The summed E-state index contributed by atoms with van der Waals surface area (Å²) in [6.45, 7) is 18.5. The van der Waals surface area contributed by atoms with Crippen LogP contribution in [0.3, 0.4) is 0 Å². The van der Waals surface area contributed by atoms with Gasteiger partial charge in [0.2, 0.25) is 0 Å². The van der Waals surface area contributed by atoms with E-state index in [1.165, 1.54) is 0 Å². The number of hydrogen-bond donors (Lipinski definition) is 1. The Morgan fingerprint density at radius 2 is 1.34 bits per heavy atom. The highest BCUT2D eigenvalue weighted by Gasteiger charge is 2.02. The molecule has 0 saturated carbocycles. The minimum atomic E-state index is 0.430. The molecule has 3 aromatic rings. The van der Waals surface area contributed by atoms with Gasteiger partial charge in [-0.25, -0.2) is 9.98 Å². The number of benzene rings is 2. The lowest BCUT2D eigenvalue weighted by molar-refractivity contribution is 0.306. The Hall–Kier alpha value is -3.14. The van der Waals surface area contributed by atoms with E-state index in [2.05, 4.69) is 9.98 Å². The molecule has 4 nitrogen and oxygen atoms in total. The summed E-state index contributed by atoms with van der Waals surface area (Å²) >= 11 is 0. The SMILES string of the molecule is CC.CC.CC.CC.CC(=Nc1cccnc1N)c1ccc(OCc2ccccc2)cc1. The Kier molecular flexibility index (Phi) is 20.5. The van der Waals surface area contributed by atoms with E-state index in [-0.39, 0.29) is 0 Å². The molecule has 0 bridgehead atoms. The van der Waals surface area contributed by atoms with E-state index in [9.17, 15) is 0 Å². The monoisotopic (exact) mass is 437 g/mol. The summed E-state index contributed by atoms with van der Waals surface area (Å²) in [7, 11) is 0. The molecule has 1 aromatic heterocycles. The lowest BCUT2D eigenvalue weighted by atomic mass is 10.1. The number of hydrogen-bond acceptors (Lipinski definition) is 4. The van der Waals surface area contributed by atoms with Crippen LogP contribution in [0.2, 0.25) is 0 Å². The number of aliphatic imine (C=N–C) groups is 1. The Bertz CT molecular complexity index is 829. The molecular formula is C28H43N3O. The average molecular weight is 438 g/mol. The van der Waals surface area contributed by atoms with Gasteiger partial charge in [0, 0.05) is 11.9 Å². The number of nitrogen functional groups attached to an aromatic ring is 1. The van der Waals surface area contributed by atoms with Crippen molar-refractivity contribution in [3.63, 3.8) is 0 Å². The molecule has 0 radical (unpaired) electrons. The van der Waals surface area contributed by atoms with E-state index < -0.39 is 0 Å². The topological polar surface area (TPSA) is 60.5 Å². The van der Waals surface area contributed by atoms with Crippen LogP contribution < -0.4 is 10.5 Å². The molecule has 0 atom stereocenters. The maximum Gasteiger partial charge on any atom is 0.149 e. The second kappa shape index (κ2) is 21.1. The molecular weight excluding hydrogens is 394 g/mol. The third-order valence-corrected chi connectivity index (χ3v) is 3.62. The number of ether oxygens (including phenoxy) is 1. The molecule has 0 aliphatic carbocycles. The normalized spacial score (nSPS) is 9.22. The molecule has 176 valence electrons. The standard InChI is InChI=1S/C20H19N3O.4C2H6/c1-15(23-19-8-5-13-22-20(19)21)17-9-11-18(12-10-17)24-14-16-6-3-2-4-7-16;4*1-2/h2-13H,14H2,1H3,(H2,21,22);4*1-2H3. The van der Waals surface area contributed by atoms with Crippen LogP contribution >= 0.6 is 0 Å². The summed E-state index contributed by atoms with van der Waals surface area (Å²) in [6.07, 6.45) is 1.66. The first-order chi connectivity index (χ1) is 15.7. The lowest BCUT2D eigenvalue weighted by Crippen LogP contribution is -1.98. The number of rotatable bonds is 5. The van der Waals surface area contributed by atoms with Crippen LogP contribution in [0.15, 0.2) is 77.9 Å². The smallest absolute Gasteiger partial charge is 0.149 e. The van der Waals surface area contributed by atoms with Gasteiger partial charge >= 0.3 is 0 Å². The number of nitrogens with zero attached hydrogens (tertiary/aromatic N) is 2. The minimum absolute atomic E-state index is 0.430. The first-order valence-electron chi connectivity index (χ1n) is 11.8. The Balaban J connectivity index is 0. The number of anilines is 1. The highest BCUT2D eigenvalue weighted by atomic mass is 16.5. The zero-order chi connectivity index (χ0) is 24.8. The lowest BCUT2D eigenvalue weighted by Gasteiger charge is -2.08. The van der Waals surface area contributed by atoms with Crippen molar-refractivity contribution in [3.05, 3.63) is 84.1 Å². The summed E-state index contributed by atoms with van der Waals surface area (Å²) in [5.41, 5.74) is 9.55. The Morgan fingerprint density at radius 1 is 0.781 bits per heavy atom. The average Bonchev–Trinajstić information content (AvgIpc) is 2.90. The van der Waals surface area contributed by atoms with Crippen molar-refractivity contribution in [2.75, 3.05) is 5.73 Å². The second-order valence-electron chi connectivity index (χ2n) is 5.40. The molecule has 0 fully saturated rings. The van der Waals surface area contributed by atoms with Gasteiger partial charge < -0.3 is 10.5 Å². The molecule has 3 rings (SSSR count). The maximum absolute atomic E-state index is 5.83. The van der Waals surface area contributed by atoms with Crippen LogP contribution in [0.5, 0.6) is 5.75 Å². The van der Waals surface area contributed by atoms with Crippen molar-refractivity contribution >= 4 is 17.2 Å². The van der Waals surface area contributed by atoms with Crippen molar-refractivity contribution in [3.8, 4) is 5.75 Å². The minimum Gasteiger partial charge on any atom is -0.489 e. The predicted octanol–water partition coefficient (Wildman–Crippen LogP) is 8.49. The fourth-order valence-electron chi connectivity index (χ4n) is 2.28. The van der Waals surface area contributed by atoms with Crippen LogP contribution in [-0.4, -0.2) is 10.7 Å². The van der Waals surface area contributed by atoms with E-state index in [4.69, 9.17) is 10.5 Å². The summed E-state index contributed by atoms with van der Waals surface area (Å²) in [4.78, 5) is 8.58. The van der Waals surface area contributed by atoms with E-state index >= 15 is 0 Å². The van der Waals surface area contributed by atoms with Crippen molar-refractivity contribution in [1.29, 1.82) is 0 Å². The summed E-state index contributed by atoms with van der Waals surface area (Å²) in [6, 6.07) is 21.7. The summed E-state index contributed by atoms with van der Waals surface area (Å²) < 4.78 is 5.79. The van der Waals surface area contributed by atoms with E-state index in [0.29, 0.717) is 18.1 Å². The third-order valence-electron chi connectivity index (χ3n) is 3.62. The molecule has 2 N–H and O–H groups in total. The fourth-order valence-corrected chi connectivity index (χ4v) is 2.28. The van der Waals surface area contributed by atoms with Crippen molar-refractivity contribution < 1.29 is 4.74 Å². The van der Waals surface area contributed by atoms with Gasteiger partial charge in [0.05, 0.1) is 0 Å². The van der Waals surface area contributed by atoms with Gasteiger partial charge in [-0.05, 0) is 54.4 Å². The number of nitrogens with two attached hydrogens (primary N) is 1. The Morgan fingerprint density at radius 3 is 1.88 bits per heavy atom. The van der Waals surface area contributed by atoms with Crippen molar-refractivity contribution in [1.82, 2.24) is 4.98 Å². The molecule has 0 spiro atoms. The van der Waals surface area contributed by atoms with Crippen molar-refractivity contribution in [2.24, 2.45) is 4.99 Å². The van der Waals surface area contributed by atoms with Gasteiger partial charge in [-0.1, -0.05) is 85.7 Å². The molecule has 0 saturated heterocycles. The van der Waals surface area contributed by atoms with E-state index in [1.54, 1.807) is 6.20 Å². The second-order valence-corrected chi connectivity index (χ2v) is 5.40. The van der Waals surface area contributed by atoms with Gasteiger partial charge in [0.25, 0.3) is 0 Å². The zero-order valence-electron chi connectivity index (χ0n) is 21.5. The molecule has 0 aliphatic rings. The van der Waals surface area contributed by atoms with Crippen LogP contribution in [0.1, 0.15) is 73.4 Å². The van der Waals surface area contributed by atoms with Gasteiger partial charge in [0.1, 0.15) is 23.9 Å². The van der Waals surface area contributed by atoms with Crippen LogP contribution in [0.25, 0.3) is 0 Å². The zero-order valence-corrected chi connectivity index (χ0v) is 21.5. The molecule has 1 heterocycles. The van der Waals surface area contributed by atoms with Gasteiger partial charge in [0.15, 0.2) is 0 Å². The van der Waals surface area contributed by atoms with Crippen molar-refractivity contribution in [2.45, 2.75) is 68.9 Å². The Labute approximate surface area is 196 Å². The molecule has 0 amide bonds. The van der Waals surface area contributed by atoms with E-state index in [0.717, 1.165) is 22.6 Å². The predicted molar refractivity (Wildman–Crippen MR) is 143 cm³/mol.